The number of hydrogen-bond donors (Lipinski definition) is 0. The topological polar surface area (TPSA) is 0 Å². The van der Waals surface area contributed by atoms with Crippen molar-refractivity contribution in [2.75, 3.05) is 0 Å². The number of thiophene rings is 1. The summed E-state index contributed by atoms with van der Waals surface area (Å²) in [7, 11) is 0. The van der Waals surface area contributed by atoms with Gasteiger partial charge in [0.15, 0.2) is 0 Å². The first-order valence-electron chi connectivity index (χ1n) is 8.16. The second-order valence-corrected chi connectivity index (χ2v) is 9.33. The second kappa shape index (κ2) is 5.85. The summed E-state index contributed by atoms with van der Waals surface area (Å²) in [6.07, 6.45) is 0. The fourth-order valence-corrected chi connectivity index (χ4v) is 5.97. The van der Waals surface area contributed by atoms with Gasteiger partial charge in [0.05, 0.1) is 0 Å². The molecule has 0 aliphatic heterocycles. The van der Waals surface area contributed by atoms with Gasteiger partial charge in [-0.1, -0.05) is 75.4 Å². The minimum Gasteiger partial charge on any atom is -0.135 e. The maximum Gasteiger partial charge on any atom is 0.0434 e. The van der Waals surface area contributed by atoms with Gasteiger partial charge in [-0.05, 0) is 45.2 Å². The van der Waals surface area contributed by atoms with Crippen LogP contribution in [0.2, 0.25) is 0 Å². The van der Waals surface area contributed by atoms with E-state index in [-0.39, 0.29) is 5.41 Å². The third-order valence-electron chi connectivity index (χ3n) is 4.50. The van der Waals surface area contributed by atoms with E-state index in [1.807, 2.05) is 11.3 Å². The first-order valence-corrected chi connectivity index (χ1v) is 10.1. The first kappa shape index (κ1) is 16.1. The molecule has 0 saturated heterocycles. The molecule has 4 aromatic rings. The molecule has 0 aliphatic carbocycles. The Labute approximate surface area is 160 Å². The maximum absolute atomic E-state index is 2.53. The molecule has 1 heterocycles. The van der Waals surface area contributed by atoms with Crippen LogP contribution in [0.15, 0.2) is 60.7 Å². The van der Waals surface area contributed by atoms with Crippen molar-refractivity contribution in [2.24, 2.45) is 0 Å². The van der Waals surface area contributed by atoms with E-state index >= 15 is 0 Å². The van der Waals surface area contributed by atoms with E-state index in [2.05, 4.69) is 104 Å². The van der Waals surface area contributed by atoms with E-state index in [9.17, 15) is 0 Å². The maximum atomic E-state index is 2.53. The highest BCUT2D eigenvalue weighted by Crippen LogP contribution is 2.42. The fourth-order valence-electron chi connectivity index (χ4n) is 3.28. The standard InChI is InChI=1S/C22H19IS/c1-22(2,3)18-12-7-9-15(20(18)23)17-11-6-10-16-14-8-4-5-13-19(14)24-21(16)17/h4-13H,1-3H3. The van der Waals surface area contributed by atoms with Gasteiger partial charge < -0.3 is 0 Å². The van der Waals surface area contributed by atoms with Crippen LogP contribution in [-0.4, -0.2) is 0 Å². The van der Waals surface area contributed by atoms with Crippen molar-refractivity contribution in [2.45, 2.75) is 26.2 Å². The summed E-state index contributed by atoms with van der Waals surface area (Å²) < 4.78 is 4.12. The van der Waals surface area contributed by atoms with E-state index in [1.54, 1.807) is 0 Å². The highest BCUT2D eigenvalue weighted by atomic mass is 127. The zero-order valence-electron chi connectivity index (χ0n) is 14.1. The Morgan fingerprint density at radius 1 is 0.750 bits per heavy atom. The monoisotopic (exact) mass is 442 g/mol. The van der Waals surface area contributed by atoms with Crippen LogP contribution in [0, 0.1) is 3.57 Å². The van der Waals surface area contributed by atoms with Crippen LogP contribution in [0.25, 0.3) is 31.3 Å². The van der Waals surface area contributed by atoms with Crippen molar-refractivity contribution in [3.8, 4) is 11.1 Å². The summed E-state index contributed by atoms with van der Waals surface area (Å²) >= 11 is 4.43. The molecule has 2 heteroatoms. The molecule has 0 spiro atoms. The summed E-state index contributed by atoms with van der Waals surface area (Å²) in [5.74, 6) is 0. The van der Waals surface area contributed by atoms with Gasteiger partial charge in [-0.3, -0.25) is 0 Å². The molecular weight excluding hydrogens is 423 g/mol. The molecule has 3 aromatic carbocycles. The molecule has 0 saturated carbocycles. The average molecular weight is 442 g/mol. The van der Waals surface area contributed by atoms with E-state index in [1.165, 1.54) is 40.4 Å². The van der Waals surface area contributed by atoms with Crippen molar-refractivity contribution in [3.63, 3.8) is 0 Å². The van der Waals surface area contributed by atoms with Crippen molar-refractivity contribution < 1.29 is 0 Å². The van der Waals surface area contributed by atoms with Crippen molar-refractivity contribution in [3.05, 3.63) is 69.8 Å². The molecule has 120 valence electrons. The van der Waals surface area contributed by atoms with E-state index in [4.69, 9.17) is 0 Å². The van der Waals surface area contributed by atoms with Crippen molar-refractivity contribution in [1.29, 1.82) is 0 Å². The Hall–Kier alpha value is -1.39. The lowest BCUT2D eigenvalue weighted by Gasteiger charge is -2.22. The molecule has 0 unspecified atom stereocenters. The molecule has 0 radical (unpaired) electrons. The summed E-state index contributed by atoms with van der Waals surface area (Å²) in [4.78, 5) is 0. The summed E-state index contributed by atoms with van der Waals surface area (Å²) in [6.45, 7) is 6.86. The number of halogens is 1. The van der Waals surface area contributed by atoms with Crippen LogP contribution in [0.4, 0.5) is 0 Å². The van der Waals surface area contributed by atoms with Crippen molar-refractivity contribution in [1.82, 2.24) is 0 Å². The van der Waals surface area contributed by atoms with Gasteiger partial charge in [0.1, 0.15) is 0 Å². The minimum absolute atomic E-state index is 0.153. The quantitative estimate of drug-likeness (QED) is 0.266. The number of benzene rings is 3. The number of hydrogen-bond acceptors (Lipinski definition) is 1. The van der Waals surface area contributed by atoms with Gasteiger partial charge in [0, 0.05) is 29.3 Å². The Bertz CT molecular complexity index is 1050. The molecule has 0 nitrogen and oxygen atoms in total. The summed E-state index contributed by atoms with van der Waals surface area (Å²) in [6, 6.07) is 22.1. The van der Waals surface area contributed by atoms with Gasteiger partial charge in [-0.15, -0.1) is 11.3 Å². The smallest absolute Gasteiger partial charge is 0.0434 e. The lowest BCUT2D eigenvalue weighted by atomic mass is 9.85. The fraction of sp³-hybridized carbons (Fsp3) is 0.182. The molecular formula is C22H19IS. The zero-order chi connectivity index (χ0) is 16.9. The van der Waals surface area contributed by atoms with Gasteiger partial charge in [0.2, 0.25) is 0 Å². The molecule has 0 aliphatic rings. The highest BCUT2D eigenvalue weighted by Gasteiger charge is 2.20. The Morgan fingerprint density at radius 2 is 1.42 bits per heavy atom. The summed E-state index contributed by atoms with van der Waals surface area (Å²) in [5.41, 5.74) is 4.27. The molecule has 0 atom stereocenters. The van der Waals surface area contributed by atoms with Gasteiger partial charge in [0.25, 0.3) is 0 Å². The summed E-state index contributed by atoms with van der Waals surface area (Å²) in [5, 5.41) is 2.73. The van der Waals surface area contributed by atoms with E-state index in [0.29, 0.717) is 0 Å². The van der Waals surface area contributed by atoms with E-state index in [0.717, 1.165) is 0 Å². The number of rotatable bonds is 1. The SMILES string of the molecule is CC(C)(C)c1cccc(-c2cccc3c2sc2ccccc23)c1I. The predicted octanol–water partition coefficient (Wildman–Crippen LogP) is 7.62. The largest absolute Gasteiger partial charge is 0.135 e. The third-order valence-corrected chi connectivity index (χ3v) is 6.88. The lowest BCUT2D eigenvalue weighted by Crippen LogP contribution is -2.13. The minimum atomic E-state index is 0.153. The van der Waals surface area contributed by atoms with E-state index < -0.39 is 0 Å². The molecule has 24 heavy (non-hydrogen) atoms. The zero-order valence-corrected chi connectivity index (χ0v) is 17.0. The van der Waals surface area contributed by atoms with Crippen LogP contribution in [0.1, 0.15) is 26.3 Å². The Morgan fingerprint density at radius 3 is 2.21 bits per heavy atom. The molecule has 0 fully saturated rings. The highest BCUT2D eigenvalue weighted by molar-refractivity contribution is 14.1. The lowest BCUT2D eigenvalue weighted by molar-refractivity contribution is 0.587. The second-order valence-electron chi connectivity index (χ2n) is 7.20. The molecule has 0 amide bonds. The Kier molecular flexibility index (Phi) is 3.92. The van der Waals surface area contributed by atoms with Gasteiger partial charge in [-0.25, -0.2) is 0 Å². The van der Waals surface area contributed by atoms with Crippen LogP contribution in [0.5, 0.6) is 0 Å². The average Bonchev–Trinajstić information content (AvgIpc) is 2.93. The van der Waals surface area contributed by atoms with Crippen LogP contribution < -0.4 is 0 Å². The first-order chi connectivity index (χ1) is 11.5. The molecule has 1 aromatic heterocycles. The van der Waals surface area contributed by atoms with Crippen LogP contribution in [-0.2, 0) is 5.41 Å². The van der Waals surface area contributed by atoms with Crippen LogP contribution >= 0.6 is 33.9 Å². The Balaban J connectivity index is 2.04. The molecule has 0 bridgehead atoms. The predicted molar refractivity (Wildman–Crippen MR) is 116 cm³/mol. The van der Waals surface area contributed by atoms with Gasteiger partial charge >= 0.3 is 0 Å². The third kappa shape index (κ3) is 2.56. The van der Waals surface area contributed by atoms with Crippen LogP contribution in [0.3, 0.4) is 0 Å². The number of fused-ring (bicyclic) bond motifs is 3. The normalized spacial score (nSPS) is 12.2. The van der Waals surface area contributed by atoms with Gasteiger partial charge in [-0.2, -0.15) is 0 Å². The molecule has 0 N–H and O–H groups in total. The molecule has 4 rings (SSSR count). The van der Waals surface area contributed by atoms with Crippen molar-refractivity contribution >= 4 is 54.1 Å².